The average Bonchev–Trinajstić information content (AvgIpc) is 2.62. The highest BCUT2D eigenvalue weighted by atomic mass is 16.5. The van der Waals surface area contributed by atoms with Crippen molar-refractivity contribution in [3.63, 3.8) is 0 Å². The second-order valence-corrected chi connectivity index (χ2v) is 4.17. The van der Waals surface area contributed by atoms with E-state index in [-0.39, 0.29) is 18.1 Å². The minimum atomic E-state index is -0.214. The molecule has 0 unspecified atom stereocenters. The number of hydrogen-bond acceptors (Lipinski definition) is 4. The SMILES string of the molecule is COC(=O)C[C@@H]1CC2=C(CCC[C@@H]2N)O1. The van der Waals surface area contributed by atoms with Gasteiger partial charge in [-0.3, -0.25) is 4.79 Å². The first-order valence-electron chi connectivity index (χ1n) is 5.41. The molecule has 1 aliphatic carbocycles. The van der Waals surface area contributed by atoms with Crippen LogP contribution < -0.4 is 5.73 Å². The molecule has 2 aliphatic rings. The number of nitrogens with two attached hydrogens (primary N) is 1. The lowest BCUT2D eigenvalue weighted by atomic mass is 9.91. The summed E-state index contributed by atoms with van der Waals surface area (Å²) in [6, 6.07) is 0.136. The van der Waals surface area contributed by atoms with Crippen LogP contribution >= 0.6 is 0 Å². The summed E-state index contributed by atoms with van der Waals surface area (Å²) in [5, 5.41) is 0. The number of rotatable bonds is 2. The van der Waals surface area contributed by atoms with Gasteiger partial charge in [-0.15, -0.1) is 0 Å². The first-order valence-corrected chi connectivity index (χ1v) is 5.41. The van der Waals surface area contributed by atoms with E-state index in [1.54, 1.807) is 0 Å². The van der Waals surface area contributed by atoms with Crippen molar-refractivity contribution in [3.8, 4) is 0 Å². The Bertz CT molecular complexity index is 298. The highest BCUT2D eigenvalue weighted by Crippen LogP contribution is 2.36. The van der Waals surface area contributed by atoms with E-state index in [1.807, 2.05) is 0 Å². The first kappa shape index (κ1) is 10.5. The molecule has 0 bridgehead atoms. The van der Waals surface area contributed by atoms with Crippen molar-refractivity contribution in [1.29, 1.82) is 0 Å². The maximum Gasteiger partial charge on any atom is 0.309 e. The zero-order valence-electron chi connectivity index (χ0n) is 8.99. The zero-order chi connectivity index (χ0) is 10.8. The number of methoxy groups -OCH3 is 1. The van der Waals surface area contributed by atoms with Crippen LogP contribution in [-0.4, -0.2) is 25.2 Å². The van der Waals surface area contributed by atoms with Crippen LogP contribution in [0.3, 0.4) is 0 Å². The second-order valence-electron chi connectivity index (χ2n) is 4.17. The third-order valence-electron chi connectivity index (χ3n) is 3.10. The molecule has 0 aromatic rings. The van der Waals surface area contributed by atoms with Gasteiger partial charge in [0.05, 0.1) is 19.3 Å². The van der Waals surface area contributed by atoms with Gasteiger partial charge in [0.25, 0.3) is 0 Å². The zero-order valence-corrected chi connectivity index (χ0v) is 8.99. The predicted molar refractivity (Wildman–Crippen MR) is 55.0 cm³/mol. The summed E-state index contributed by atoms with van der Waals surface area (Å²) in [6.07, 6.45) is 4.17. The van der Waals surface area contributed by atoms with Gasteiger partial charge in [0.1, 0.15) is 6.10 Å². The molecule has 2 atom stereocenters. The van der Waals surface area contributed by atoms with Crippen LogP contribution in [0.1, 0.15) is 32.1 Å². The summed E-state index contributed by atoms with van der Waals surface area (Å²) in [5.74, 6) is 0.816. The predicted octanol–water partition coefficient (Wildman–Crippen LogP) is 1.10. The van der Waals surface area contributed by atoms with Gasteiger partial charge in [-0.1, -0.05) is 0 Å². The molecule has 84 valence electrons. The maximum atomic E-state index is 11.1. The van der Waals surface area contributed by atoms with Gasteiger partial charge in [0.2, 0.25) is 0 Å². The molecule has 0 spiro atoms. The molecule has 4 heteroatoms. The van der Waals surface area contributed by atoms with E-state index in [0.29, 0.717) is 6.42 Å². The molecule has 0 saturated carbocycles. The molecular formula is C11H17NO3. The van der Waals surface area contributed by atoms with Crippen molar-refractivity contribution in [2.75, 3.05) is 7.11 Å². The molecule has 2 rings (SSSR count). The fourth-order valence-electron chi connectivity index (χ4n) is 2.30. The van der Waals surface area contributed by atoms with E-state index in [4.69, 9.17) is 10.5 Å². The summed E-state index contributed by atoms with van der Waals surface area (Å²) in [7, 11) is 1.40. The first-order chi connectivity index (χ1) is 7.20. The minimum absolute atomic E-state index is 0.0494. The van der Waals surface area contributed by atoms with Gasteiger partial charge >= 0.3 is 5.97 Å². The normalized spacial score (nSPS) is 29.7. The van der Waals surface area contributed by atoms with Gasteiger partial charge < -0.3 is 15.2 Å². The number of hydrogen-bond donors (Lipinski definition) is 1. The van der Waals surface area contributed by atoms with Crippen molar-refractivity contribution in [2.45, 2.75) is 44.2 Å². The lowest BCUT2D eigenvalue weighted by Gasteiger charge is -2.18. The fraction of sp³-hybridized carbons (Fsp3) is 0.727. The van der Waals surface area contributed by atoms with Gasteiger partial charge in [-0.2, -0.15) is 0 Å². The van der Waals surface area contributed by atoms with E-state index in [2.05, 4.69) is 4.74 Å². The summed E-state index contributed by atoms with van der Waals surface area (Å²) in [6.45, 7) is 0. The molecule has 4 nitrogen and oxygen atoms in total. The number of carbonyl (C=O) groups excluding carboxylic acids is 1. The molecule has 0 aromatic heterocycles. The van der Waals surface area contributed by atoms with Crippen LogP contribution in [0, 0.1) is 0 Å². The molecule has 1 aliphatic heterocycles. The third kappa shape index (κ3) is 2.15. The maximum absolute atomic E-state index is 11.1. The van der Waals surface area contributed by atoms with Crippen molar-refractivity contribution in [3.05, 3.63) is 11.3 Å². The Morgan fingerprint density at radius 2 is 2.47 bits per heavy atom. The Labute approximate surface area is 89.4 Å². The van der Waals surface area contributed by atoms with Crippen molar-refractivity contribution < 1.29 is 14.3 Å². The highest BCUT2D eigenvalue weighted by Gasteiger charge is 2.32. The molecule has 2 N–H and O–H groups in total. The average molecular weight is 211 g/mol. The van der Waals surface area contributed by atoms with E-state index in [0.717, 1.165) is 31.4 Å². The summed E-state index contributed by atoms with van der Waals surface area (Å²) >= 11 is 0. The largest absolute Gasteiger partial charge is 0.494 e. The van der Waals surface area contributed by atoms with Crippen molar-refractivity contribution in [2.24, 2.45) is 5.73 Å². The van der Waals surface area contributed by atoms with Crippen LogP contribution in [-0.2, 0) is 14.3 Å². The molecule has 0 aromatic carbocycles. The van der Waals surface area contributed by atoms with E-state index in [9.17, 15) is 4.79 Å². The molecule has 0 amide bonds. The Hall–Kier alpha value is -1.03. The van der Waals surface area contributed by atoms with Gasteiger partial charge in [-0.05, 0) is 18.4 Å². The smallest absolute Gasteiger partial charge is 0.309 e. The van der Waals surface area contributed by atoms with Gasteiger partial charge in [0.15, 0.2) is 0 Å². The van der Waals surface area contributed by atoms with E-state index >= 15 is 0 Å². The van der Waals surface area contributed by atoms with Crippen LogP contribution in [0.2, 0.25) is 0 Å². The van der Waals surface area contributed by atoms with E-state index < -0.39 is 0 Å². The Kier molecular flexibility index (Phi) is 2.95. The highest BCUT2D eigenvalue weighted by molar-refractivity contribution is 5.70. The molecule has 0 radical (unpaired) electrons. The van der Waals surface area contributed by atoms with Gasteiger partial charge in [0, 0.05) is 18.9 Å². The number of carbonyl (C=O) groups is 1. The van der Waals surface area contributed by atoms with Crippen molar-refractivity contribution in [1.82, 2.24) is 0 Å². The number of esters is 1. The standard InChI is InChI=1S/C11H17NO3/c1-14-11(13)6-7-5-8-9(12)3-2-4-10(8)15-7/h7,9H,2-6,12H2,1H3/t7-,9-/m0/s1. The lowest BCUT2D eigenvalue weighted by Crippen LogP contribution is -2.25. The lowest BCUT2D eigenvalue weighted by molar-refractivity contribution is -0.142. The minimum Gasteiger partial charge on any atom is -0.494 e. The second kappa shape index (κ2) is 4.23. The Balaban J connectivity index is 1.95. The summed E-state index contributed by atoms with van der Waals surface area (Å²) in [4.78, 5) is 11.1. The Morgan fingerprint density at radius 3 is 3.13 bits per heavy atom. The monoisotopic (exact) mass is 211 g/mol. The molecule has 15 heavy (non-hydrogen) atoms. The Morgan fingerprint density at radius 1 is 1.67 bits per heavy atom. The van der Waals surface area contributed by atoms with Crippen LogP contribution in [0.5, 0.6) is 0 Å². The van der Waals surface area contributed by atoms with Gasteiger partial charge in [-0.25, -0.2) is 0 Å². The molecule has 0 fully saturated rings. The summed E-state index contributed by atoms with van der Waals surface area (Å²) < 4.78 is 10.3. The van der Waals surface area contributed by atoms with Crippen LogP contribution in [0.4, 0.5) is 0 Å². The molecule has 0 saturated heterocycles. The molecule has 1 heterocycles. The van der Waals surface area contributed by atoms with Crippen LogP contribution in [0.25, 0.3) is 0 Å². The topological polar surface area (TPSA) is 61.5 Å². The third-order valence-corrected chi connectivity index (χ3v) is 3.10. The fourth-order valence-corrected chi connectivity index (χ4v) is 2.30. The molecular weight excluding hydrogens is 194 g/mol. The van der Waals surface area contributed by atoms with Crippen LogP contribution in [0.15, 0.2) is 11.3 Å². The number of allylic oxidation sites excluding steroid dienone is 1. The van der Waals surface area contributed by atoms with E-state index in [1.165, 1.54) is 12.7 Å². The van der Waals surface area contributed by atoms with Crippen molar-refractivity contribution >= 4 is 5.97 Å². The number of ether oxygens (including phenoxy) is 2. The summed E-state index contributed by atoms with van der Waals surface area (Å²) in [5.41, 5.74) is 7.21. The quantitative estimate of drug-likeness (QED) is 0.695.